The molecule has 0 spiro atoms. The highest BCUT2D eigenvalue weighted by atomic mass is 32.2. The van der Waals surface area contributed by atoms with Crippen LogP contribution in [0.15, 0.2) is 11.6 Å². The fraction of sp³-hybridized carbons (Fsp3) is 0.846. The molecule has 1 fully saturated rings. The number of aliphatic carboxylic acids is 2. The van der Waals surface area contributed by atoms with Crippen molar-refractivity contribution in [3.8, 4) is 0 Å². The van der Waals surface area contributed by atoms with Gasteiger partial charge in [0.2, 0.25) is 0 Å². The molecule has 0 heterocycles. The third-order valence-corrected chi connectivity index (χ3v) is 7.90. The summed E-state index contributed by atoms with van der Waals surface area (Å²) in [5.74, 6) is -1.20. The van der Waals surface area contributed by atoms with Crippen molar-refractivity contribution >= 4 is 23.7 Å². The molecule has 1 aliphatic carbocycles. The number of aliphatic hydroxyl groups excluding tert-OH is 1. The molecule has 3 N–H and O–H groups in total. The first-order valence-corrected chi connectivity index (χ1v) is 13.9. The van der Waals surface area contributed by atoms with Crippen LogP contribution in [0, 0.1) is 5.92 Å². The first-order valence-electron chi connectivity index (χ1n) is 12.9. The number of allylic oxidation sites excluding steroid dienone is 1. The first-order chi connectivity index (χ1) is 15.5. The van der Waals surface area contributed by atoms with E-state index in [2.05, 4.69) is 13.0 Å². The molecule has 0 bridgehead atoms. The quantitative estimate of drug-likeness (QED) is 0.141. The van der Waals surface area contributed by atoms with Crippen molar-refractivity contribution in [3.05, 3.63) is 11.6 Å². The molecule has 1 rings (SSSR count). The van der Waals surface area contributed by atoms with Crippen molar-refractivity contribution in [2.75, 3.05) is 5.75 Å². The molecular formula is C26H46O5S. The Balaban J connectivity index is 2.34. The summed E-state index contributed by atoms with van der Waals surface area (Å²) in [6.45, 7) is 2.25. The molecule has 3 atom stereocenters. The van der Waals surface area contributed by atoms with Crippen molar-refractivity contribution in [1.82, 2.24) is 0 Å². The average Bonchev–Trinajstić information content (AvgIpc) is 2.75. The Kier molecular flexibility index (Phi) is 16.7. The van der Waals surface area contributed by atoms with Gasteiger partial charge in [-0.25, -0.2) is 0 Å². The lowest BCUT2D eigenvalue weighted by molar-refractivity contribution is -0.138. The molecule has 6 heteroatoms. The van der Waals surface area contributed by atoms with Gasteiger partial charge in [-0.3, -0.25) is 9.59 Å². The van der Waals surface area contributed by atoms with E-state index < -0.39 is 18.0 Å². The Morgan fingerprint density at radius 3 is 2.03 bits per heavy atom. The summed E-state index contributed by atoms with van der Waals surface area (Å²) in [4.78, 5) is 21.8. The maximum Gasteiger partial charge on any atom is 0.304 e. The third kappa shape index (κ3) is 13.5. The zero-order valence-electron chi connectivity index (χ0n) is 20.1. The summed E-state index contributed by atoms with van der Waals surface area (Å²) < 4.78 is 0. The van der Waals surface area contributed by atoms with E-state index in [1.165, 1.54) is 81.5 Å². The largest absolute Gasteiger partial charge is 0.481 e. The summed E-state index contributed by atoms with van der Waals surface area (Å²) in [6, 6.07) is 0. The highest BCUT2D eigenvalue weighted by Crippen LogP contribution is 2.39. The molecule has 0 aromatic rings. The molecule has 1 saturated carbocycles. The minimum atomic E-state index is -0.829. The number of carboxylic acid groups (broad SMARTS) is 2. The normalized spacial score (nSPS) is 22.3. The van der Waals surface area contributed by atoms with Crippen molar-refractivity contribution in [2.24, 2.45) is 5.92 Å². The van der Waals surface area contributed by atoms with Gasteiger partial charge < -0.3 is 15.3 Å². The lowest BCUT2D eigenvalue weighted by Gasteiger charge is -2.36. The molecule has 0 aliphatic heterocycles. The van der Waals surface area contributed by atoms with Gasteiger partial charge in [-0.2, -0.15) is 11.8 Å². The Hall–Kier alpha value is -1.01. The van der Waals surface area contributed by atoms with Crippen LogP contribution in [0.1, 0.15) is 116 Å². The number of rotatable bonds is 19. The number of hydrogen-bond donors (Lipinski definition) is 3. The van der Waals surface area contributed by atoms with Crippen LogP contribution in [0.2, 0.25) is 0 Å². The Bertz CT molecular complexity index is 548. The number of aliphatic hydroxyl groups is 1. The van der Waals surface area contributed by atoms with Crippen LogP contribution < -0.4 is 0 Å². The topological polar surface area (TPSA) is 94.8 Å². The highest BCUT2D eigenvalue weighted by molar-refractivity contribution is 8.00. The molecular weight excluding hydrogens is 424 g/mol. The highest BCUT2D eigenvalue weighted by Gasteiger charge is 2.35. The van der Waals surface area contributed by atoms with Crippen molar-refractivity contribution in [3.63, 3.8) is 0 Å². The zero-order chi connectivity index (χ0) is 23.6. The summed E-state index contributed by atoms with van der Waals surface area (Å²) in [6.07, 6.45) is 19.6. The van der Waals surface area contributed by atoms with Gasteiger partial charge in [0.1, 0.15) is 0 Å². The molecule has 1 aliphatic rings. The van der Waals surface area contributed by atoms with Crippen LogP contribution in [0.3, 0.4) is 0 Å². The summed E-state index contributed by atoms with van der Waals surface area (Å²) >= 11 is 1.52. The fourth-order valence-electron chi connectivity index (χ4n) is 4.55. The second kappa shape index (κ2) is 18.4. The first kappa shape index (κ1) is 29.0. The van der Waals surface area contributed by atoms with E-state index in [1.807, 2.05) is 0 Å². The standard InChI is InChI=1S/C26H46O5S/c1-2-3-4-5-6-7-8-9-10-11-12-13-14-22-16-15-21(17-18-23(27)28)25(31)26(22)32-20-19-24(29)30/h14,21,25-26,31H,2-13,15-20H2,1H3,(H,27,28)(H,29,30)/b22-14+/t21-,25-,26-/m0/s1. The lowest BCUT2D eigenvalue weighted by Crippen LogP contribution is -2.37. The number of thioether (sulfide) groups is 1. The molecule has 0 amide bonds. The molecule has 0 saturated heterocycles. The van der Waals surface area contributed by atoms with E-state index in [4.69, 9.17) is 10.2 Å². The van der Waals surface area contributed by atoms with Gasteiger partial charge >= 0.3 is 11.9 Å². The van der Waals surface area contributed by atoms with E-state index in [0.717, 1.165) is 25.7 Å². The SMILES string of the molecule is CCCCCCCCCCCCC/C=C1\CC[C@@H](CCC(=O)O)[C@H](O)[C@H]1SCCC(=O)O. The Morgan fingerprint density at radius 2 is 1.47 bits per heavy atom. The average molecular weight is 471 g/mol. The maximum atomic E-state index is 10.9. The van der Waals surface area contributed by atoms with Gasteiger partial charge in [0.05, 0.1) is 17.8 Å². The maximum absolute atomic E-state index is 10.9. The summed E-state index contributed by atoms with van der Waals surface area (Å²) in [5.41, 5.74) is 1.23. The number of carbonyl (C=O) groups is 2. The second-order valence-electron chi connectivity index (χ2n) is 9.26. The molecule has 0 radical (unpaired) electrons. The lowest BCUT2D eigenvalue weighted by atomic mass is 9.80. The molecule has 0 aromatic carbocycles. The van der Waals surface area contributed by atoms with E-state index >= 15 is 0 Å². The smallest absolute Gasteiger partial charge is 0.304 e. The summed E-state index contributed by atoms with van der Waals surface area (Å²) in [7, 11) is 0. The van der Waals surface area contributed by atoms with Gasteiger partial charge in [-0.15, -0.1) is 0 Å². The summed E-state index contributed by atoms with van der Waals surface area (Å²) in [5, 5.41) is 28.7. The van der Waals surface area contributed by atoms with Gasteiger partial charge in [0, 0.05) is 12.2 Å². The van der Waals surface area contributed by atoms with E-state index in [1.54, 1.807) is 0 Å². The Morgan fingerprint density at radius 1 is 0.906 bits per heavy atom. The van der Waals surface area contributed by atoms with Crippen LogP contribution in [-0.2, 0) is 9.59 Å². The monoisotopic (exact) mass is 470 g/mol. The molecule has 186 valence electrons. The van der Waals surface area contributed by atoms with Crippen molar-refractivity contribution in [2.45, 2.75) is 127 Å². The van der Waals surface area contributed by atoms with Gasteiger partial charge in [0.15, 0.2) is 0 Å². The van der Waals surface area contributed by atoms with Crippen LogP contribution in [0.5, 0.6) is 0 Å². The van der Waals surface area contributed by atoms with Gasteiger partial charge in [-0.05, 0) is 38.0 Å². The molecule has 32 heavy (non-hydrogen) atoms. The van der Waals surface area contributed by atoms with Gasteiger partial charge in [-0.1, -0.05) is 82.8 Å². The fourth-order valence-corrected chi connectivity index (χ4v) is 5.94. The second-order valence-corrected chi connectivity index (χ2v) is 10.5. The molecule has 0 unspecified atom stereocenters. The minimum Gasteiger partial charge on any atom is -0.481 e. The minimum absolute atomic E-state index is 0.0208. The van der Waals surface area contributed by atoms with E-state index in [0.29, 0.717) is 12.2 Å². The van der Waals surface area contributed by atoms with E-state index in [-0.39, 0.29) is 24.0 Å². The number of unbranched alkanes of at least 4 members (excludes halogenated alkanes) is 11. The van der Waals surface area contributed by atoms with Gasteiger partial charge in [0.25, 0.3) is 0 Å². The molecule has 5 nitrogen and oxygen atoms in total. The van der Waals surface area contributed by atoms with Crippen molar-refractivity contribution < 1.29 is 24.9 Å². The van der Waals surface area contributed by atoms with Crippen LogP contribution >= 0.6 is 11.8 Å². The number of hydrogen-bond acceptors (Lipinski definition) is 4. The molecule has 0 aromatic heterocycles. The van der Waals surface area contributed by atoms with Crippen molar-refractivity contribution in [1.29, 1.82) is 0 Å². The predicted octanol–water partition coefficient (Wildman–Crippen LogP) is 6.83. The van der Waals surface area contributed by atoms with Crippen LogP contribution in [-0.4, -0.2) is 44.4 Å². The Labute approximate surface area is 199 Å². The van der Waals surface area contributed by atoms with Crippen LogP contribution in [0.25, 0.3) is 0 Å². The third-order valence-electron chi connectivity index (χ3n) is 6.52. The number of carboxylic acids is 2. The predicted molar refractivity (Wildman–Crippen MR) is 133 cm³/mol. The van der Waals surface area contributed by atoms with Crippen LogP contribution in [0.4, 0.5) is 0 Å². The zero-order valence-corrected chi connectivity index (χ0v) is 20.9. The van der Waals surface area contributed by atoms with E-state index in [9.17, 15) is 14.7 Å².